The van der Waals surface area contributed by atoms with E-state index in [4.69, 9.17) is 27.9 Å². The smallest absolute Gasteiger partial charge is 0.265 e. The molecule has 130 valence electrons. The van der Waals surface area contributed by atoms with E-state index >= 15 is 0 Å². The van der Waals surface area contributed by atoms with Crippen LogP contribution in [0.4, 0.5) is 5.00 Å². The van der Waals surface area contributed by atoms with Crippen molar-refractivity contribution in [2.24, 2.45) is 0 Å². The molecule has 1 aromatic carbocycles. The molecule has 1 aliphatic carbocycles. The Labute approximate surface area is 160 Å². The highest BCUT2D eigenvalue weighted by Gasteiger charge is 2.24. The number of rotatable bonds is 4. The minimum Gasteiger partial charge on any atom is -0.479 e. The molecule has 0 saturated carbocycles. The predicted molar refractivity (Wildman–Crippen MR) is 101 cm³/mol. The molecule has 25 heavy (non-hydrogen) atoms. The van der Waals surface area contributed by atoms with Gasteiger partial charge in [0.2, 0.25) is 0 Å². The van der Waals surface area contributed by atoms with Gasteiger partial charge in [-0.3, -0.25) is 4.79 Å². The Bertz CT molecular complexity index is 857. The fourth-order valence-electron chi connectivity index (χ4n) is 2.80. The molecule has 3 rings (SSSR count). The number of amides is 1. The van der Waals surface area contributed by atoms with Gasteiger partial charge in [0.1, 0.15) is 16.8 Å². The van der Waals surface area contributed by atoms with Gasteiger partial charge >= 0.3 is 0 Å². The van der Waals surface area contributed by atoms with Crippen LogP contribution in [0.25, 0.3) is 0 Å². The zero-order valence-electron chi connectivity index (χ0n) is 13.6. The van der Waals surface area contributed by atoms with Crippen molar-refractivity contribution in [3.63, 3.8) is 0 Å². The van der Waals surface area contributed by atoms with Crippen LogP contribution in [0.15, 0.2) is 18.2 Å². The molecule has 7 heteroatoms. The van der Waals surface area contributed by atoms with E-state index in [0.717, 1.165) is 31.2 Å². The summed E-state index contributed by atoms with van der Waals surface area (Å²) in [5, 5.41) is 13.7. The van der Waals surface area contributed by atoms with Gasteiger partial charge in [0.05, 0.1) is 10.6 Å². The number of nitrogens with zero attached hydrogens (tertiary/aromatic N) is 1. The third kappa shape index (κ3) is 3.92. The molecule has 1 aromatic heterocycles. The Kier molecular flexibility index (Phi) is 5.53. The minimum absolute atomic E-state index is 0.318. The number of nitriles is 1. The number of benzene rings is 1. The van der Waals surface area contributed by atoms with E-state index in [1.54, 1.807) is 25.1 Å². The topological polar surface area (TPSA) is 62.1 Å². The summed E-state index contributed by atoms with van der Waals surface area (Å²) in [5.41, 5.74) is 1.67. The number of carbonyl (C=O) groups is 1. The lowest BCUT2D eigenvalue weighted by atomic mass is 9.96. The molecule has 0 unspecified atom stereocenters. The number of anilines is 1. The van der Waals surface area contributed by atoms with Crippen LogP contribution in [0.2, 0.25) is 10.0 Å². The molecular formula is C18H16Cl2N2O2S. The van der Waals surface area contributed by atoms with Crippen molar-refractivity contribution >= 4 is 45.4 Å². The second-order valence-corrected chi connectivity index (χ2v) is 7.80. The number of hydrogen-bond acceptors (Lipinski definition) is 4. The normalized spacial score (nSPS) is 14.3. The van der Waals surface area contributed by atoms with Gasteiger partial charge in [0.25, 0.3) is 5.91 Å². The average Bonchev–Trinajstić information content (AvgIpc) is 2.94. The number of thiophene rings is 1. The highest BCUT2D eigenvalue weighted by atomic mass is 35.5. The van der Waals surface area contributed by atoms with E-state index in [0.29, 0.717) is 26.4 Å². The summed E-state index contributed by atoms with van der Waals surface area (Å²) in [6.45, 7) is 1.64. The van der Waals surface area contributed by atoms with Gasteiger partial charge in [-0.25, -0.2) is 0 Å². The summed E-state index contributed by atoms with van der Waals surface area (Å²) in [6.07, 6.45) is 3.32. The lowest BCUT2D eigenvalue weighted by Gasteiger charge is -2.15. The number of carbonyl (C=O) groups excluding carboxylic acids is 1. The molecule has 0 radical (unpaired) electrons. The molecule has 0 spiro atoms. The number of ether oxygens (including phenoxy) is 1. The largest absolute Gasteiger partial charge is 0.479 e. The number of aryl methyl sites for hydroxylation is 1. The van der Waals surface area contributed by atoms with Gasteiger partial charge in [-0.2, -0.15) is 5.26 Å². The first kappa shape index (κ1) is 18.1. The van der Waals surface area contributed by atoms with Crippen molar-refractivity contribution in [1.29, 1.82) is 5.26 Å². The first-order valence-electron chi connectivity index (χ1n) is 7.96. The Balaban J connectivity index is 1.74. The van der Waals surface area contributed by atoms with E-state index in [9.17, 15) is 10.1 Å². The van der Waals surface area contributed by atoms with Crippen LogP contribution in [0, 0.1) is 11.3 Å². The molecule has 2 aromatic rings. The van der Waals surface area contributed by atoms with E-state index in [1.807, 2.05) is 0 Å². The SMILES string of the molecule is C[C@@H](Oc1ccc(Cl)cc1Cl)C(=O)Nc1sc2c(c1C#N)CCCC2. The van der Waals surface area contributed by atoms with Gasteiger partial charge in [-0.05, 0) is 56.4 Å². The van der Waals surface area contributed by atoms with Gasteiger partial charge in [-0.15, -0.1) is 11.3 Å². The number of fused-ring (bicyclic) bond motifs is 1. The number of halogens is 2. The van der Waals surface area contributed by atoms with Crippen LogP contribution in [0.1, 0.15) is 35.8 Å². The first-order chi connectivity index (χ1) is 12.0. The molecule has 0 saturated heterocycles. The average molecular weight is 395 g/mol. The van der Waals surface area contributed by atoms with E-state index < -0.39 is 6.10 Å². The lowest BCUT2D eigenvalue weighted by molar-refractivity contribution is -0.122. The second kappa shape index (κ2) is 7.65. The monoisotopic (exact) mass is 394 g/mol. The molecular weight excluding hydrogens is 379 g/mol. The molecule has 1 amide bonds. The molecule has 1 atom stereocenters. The van der Waals surface area contributed by atoms with Crippen LogP contribution >= 0.6 is 34.5 Å². The van der Waals surface area contributed by atoms with Gasteiger partial charge in [0.15, 0.2) is 6.10 Å². The zero-order valence-corrected chi connectivity index (χ0v) is 15.9. The van der Waals surface area contributed by atoms with Crippen LogP contribution in [0.5, 0.6) is 5.75 Å². The Morgan fingerprint density at radius 1 is 1.36 bits per heavy atom. The predicted octanol–water partition coefficient (Wildman–Crippen LogP) is 5.21. The maximum atomic E-state index is 12.5. The summed E-state index contributed by atoms with van der Waals surface area (Å²) in [7, 11) is 0. The standard InChI is InChI=1S/C18H16Cl2N2O2S/c1-10(24-15-7-6-11(19)8-14(15)20)17(23)22-18-13(9-21)12-4-2-3-5-16(12)25-18/h6-8,10H,2-5H2,1H3,(H,22,23)/t10-/m1/s1. The van der Waals surface area contributed by atoms with Gasteiger partial charge in [0, 0.05) is 9.90 Å². The Hall–Kier alpha value is -1.74. The maximum absolute atomic E-state index is 12.5. The fourth-order valence-corrected chi connectivity index (χ4v) is 4.50. The van der Waals surface area contributed by atoms with Crippen LogP contribution in [-0.4, -0.2) is 12.0 Å². The summed E-state index contributed by atoms with van der Waals surface area (Å²) < 4.78 is 5.63. The van der Waals surface area contributed by atoms with E-state index in [1.165, 1.54) is 16.2 Å². The van der Waals surface area contributed by atoms with Crippen LogP contribution < -0.4 is 10.1 Å². The fraction of sp³-hybridized carbons (Fsp3) is 0.333. The summed E-state index contributed by atoms with van der Waals surface area (Å²) in [6, 6.07) is 7.06. The summed E-state index contributed by atoms with van der Waals surface area (Å²) >= 11 is 13.4. The zero-order chi connectivity index (χ0) is 18.0. The Morgan fingerprint density at radius 2 is 2.12 bits per heavy atom. The van der Waals surface area contributed by atoms with Crippen molar-refractivity contribution in [2.75, 3.05) is 5.32 Å². The third-order valence-electron chi connectivity index (χ3n) is 4.09. The van der Waals surface area contributed by atoms with Crippen molar-refractivity contribution in [1.82, 2.24) is 0 Å². The first-order valence-corrected chi connectivity index (χ1v) is 9.54. The van der Waals surface area contributed by atoms with Crippen LogP contribution in [-0.2, 0) is 17.6 Å². The highest BCUT2D eigenvalue weighted by Crippen LogP contribution is 2.37. The third-order valence-corrected chi connectivity index (χ3v) is 5.82. The van der Waals surface area contributed by atoms with Crippen molar-refractivity contribution in [2.45, 2.75) is 38.7 Å². The molecule has 4 nitrogen and oxygen atoms in total. The molecule has 1 aliphatic rings. The van der Waals surface area contributed by atoms with Gasteiger partial charge in [-0.1, -0.05) is 23.2 Å². The molecule has 1 N–H and O–H groups in total. The van der Waals surface area contributed by atoms with E-state index in [2.05, 4.69) is 11.4 Å². The van der Waals surface area contributed by atoms with Crippen LogP contribution in [0.3, 0.4) is 0 Å². The van der Waals surface area contributed by atoms with Crippen molar-refractivity contribution in [3.8, 4) is 11.8 Å². The number of hydrogen-bond donors (Lipinski definition) is 1. The van der Waals surface area contributed by atoms with Crippen molar-refractivity contribution in [3.05, 3.63) is 44.2 Å². The number of nitrogens with one attached hydrogen (secondary N) is 1. The maximum Gasteiger partial charge on any atom is 0.265 e. The second-order valence-electron chi connectivity index (χ2n) is 5.85. The molecule has 1 heterocycles. The van der Waals surface area contributed by atoms with E-state index in [-0.39, 0.29) is 5.91 Å². The summed E-state index contributed by atoms with van der Waals surface area (Å²) in [4.78, 5) is 13.7. The lowest BCUT2D eigenvalue weighted by Crippen LogP contribution is -2.30. The Morgan fingerprint density at radius 3 is 2.84 bits per heavy atom. The molecule has 0 bridgehead atoms. The molecule has 0 fully saturated rings. The highest BCUT2D eigenvalue weighted by molar-refractivity contribution is 7.16. The summed E-state index contributed by atoms with van der Waals surface area (Å²) in [5.74, 6) is 0.0702. The van der Waals surface area contributed by atoms with Crippen molar-refractivity contribution < 1.29 is 9.53 Å². The minimum atomic E-state index is -0.760. The molecule has 0 aliphatic heterocycles. The quantitative estimate of drug-likeness (QED) is 0.773. The van der Waals surface area contributed by atoms with Gasteiger partial charge < -0.3 is 10.1 Å².